The van der Waals surface area contributed by atoms with Gasteiger partial charge in [0.2, 0.25) is 5.89 Å². The first-order chi connectivity index (χ1) is 16.6. The summed E-state index contributed by atoms with van der Waals surface area (Å²) in [5.41, 5.74) is 2.13. The molecule has 1 N–H and O–H groups in total. The van der Waals surface area contributed by atoms with Crippen molar-refractivity contribution in [3.63, 3.8) is 0 Å². The Hall–Kier alpha value is -4.46. The number of amides is 1. The quantitative estimate of drug-likeness (QED) is 0.382. The van der Waals surface area contributed by atoms with E-state index in [0.717, 1.165) is 0 Å². The minimum atomic E-state index is -0.344. The normalized spacial score (nSPS) is 10.5. The van der Waals surface area contributed by atoms with Gasteiger partial charge in [0.15, 0.2) is 5.76 Å². The summed E-state index contributed by atoms with van der Waals surface area (Å²) in [7, 11) is 6.25. The number of nitrogens with zero attached hydrogens (tertiary/aromatic N) is 1. The van der Waals surface area contributed by atoms with Gasteiger partial charge in [0.05, 0.1) is 51.5 Å². The molecule has 1 aromatic heterocycles. The predicted octanol–water partition coefficient (Wildman–Crippen LogP) is 5.30. The number of carbonyl (C=O) groups excluding carboxylic acids is 1. The Labute approximate surface area is 197 Å². The van der Waals surface area contributed by atoms with Gasteiger partial charge in [0, 0.05) is 17.7 Å². The van der Waals surface area contributed by atoms with Crippen molar-refractivity contribution in [3.05, 3.63) is 72.4 Å². The highest BCUT2D eigenvalue weighted by Gasteiger charge is 2.20. The Balaban J connectivity index is 1.67. The third kappa shape index (κ3) is 4.52. The first kappa shape index (κ1) is 22.7. The lowest BCUT2D eigenvalue weighted by atomic mass is 10.1. The summed E-state index contributed by atoms with van der Waals surface area (Å²) in [4.78, 5) is 17.6. The first-order valence-corrected chi connectivity index (χ1v) is 10.4. The Bertz CT molecular complexity index is 1310. The molecule has 0 bridgehead atoms. The summed E-state index contributed by atoms with van der Waals surface area (Å²) in [6.07, 6.45) is 1.60. The summed E-state index contributed by atoms with van der Waals surface area (Å²) < 4.78 is 27.4. The third-order valence-corrected chi connectivity index (χ3v) is 5.24. The molecule has 0 fully saturated rings. The molecule has 0 unspecified atom stereocenters. The Kier molecular flexibility index (Phi) is 6.68. The largest absolute Gasteiger partial charge is 0.497 e. The molecule has 0 atom stereocenters. The lowest BCUT2D eigenvalue weighted by Gasteiger charge is -2.13. The van der Waals surface area contributed by atoms with Crippen LogP contribution in [-0.4, -0.2) is 39.3 Å². The number of anilines is 1. The summed E-state index contributed by atoms with van der Waals surface area (Å²) in [6, 6.07) is 17.6. The molecule has 0 saturated carbocycles. The van der Waals surface area contributed by atoms with Crippen LogP contribution in [0.5, 0.6) is 23.0 Å². The molecule has 8 nitrogen and oxygen atoms in total. The second-order valence-electron chi connectivity index (χ2n) is 7.16. The van der Waals surface area contributed by atoms with Gasteiger partial charge in [-0.3, -0.25) is 4.79 Å². The van der Waals surface area contributed by atoms with E-state index in [0.29, 0.717) is 57.0 Å². The van der Waals surface area contributed by atoms with Gasteiger partial charge in [-0.05, 0) is 36.4 Å². The van der Waals surface area contributed by atoms with Crippen LogP contribution in [0.4, 0.5) is 5.69 Å². The van der Waals surface area contributed by atoms with Crippen LogP contribution in [0, 0.1) is 0 Å². The Morgan fingerprint density at radius 3 is 2.24 bits per heavy atom. The average Bonchev–Trinajstić information content (AvgIpc) is 3.38. The second-order valence-corrected chi connectivity index (χ2v) is 7.16. The van der Waals surface area contributed by atoms with Gasteiger partial charge in [0.1, 0.15) is 23.0 Å². The van der Waals surface area contributed by atoms with Crippen molar-refractivity contribution in [1.82, 2.24) is 4.98 Å². The van der Waals surface area contributed by atoms with Crippen molar-refractivity contribution in [1.29, 1.82) is 0 Å². The maximum atomic E-state index is 13.2. The molecule has 0 aliphatic rings. The van der Waals surface area contributed by atoms with E-state index in [9.17, 15) is 4.79 Å². The number of aromatic nitrogens is 1. The molecule has 0 saturated heterocycles. The molecule has 0 aliphatic heterocycles. The number of nitrogens with one attached hydrogen (secondary N) is 1. The molecule has 1 amide bonds. The van der Waals surface area contributed by atoms with Crippen LogP contribution in [0.1, 0.15) is 10.4 Å². The minimum absolute atomic E-state index is 0.302. The number of ether oxygens (including phenoxy) is 4. The monoisotopic (exact) mass is 460 g/mol. The molecular formula is C26H24N2O6. The minimum Gasteiger partial charge on any atom is -0.497 e. The van der Waals surface area contributed by atoms with E-state index in [1.165, 1.54) is 7.11 Å². The van der Waals surface area contributed by atoms with Gasteiger partial charge in [-0.25, -0.2) is 4.98 Å². The molecule has 0 radical (unpaired) electrons. The Morgan fingerprint density at radius 1 is 0.794 bits per heavy atom. The zero-order valence-electron chi connectivity index (χ0n) is 19.2. The average molecular weight is 460 g/mol. The van der Waals surface area contributed by atoms with Gasteiger partial charge >= 0.3 is 0 Å². The van der Waals surface area contributed by atoms with Gasteiger partial charge in [0.25, 0.3) is 5.91 Å². The van der Waals surface area contributed by atoms with E-state index in [-0.39, 0.29) is 5.91 Å². The van der Waals surface area contributed by atoms with Gasteiger partial charge < -0.3 is 28.7 Å². The molecule has 174 valence electrons. The summed E-state index contributed by atoms with van der Waals surface area (Å²) in [6.45, 7) is 0. The van der Waals surface area contributed by atoms with E-state index >= 15 is 0 Å². The molecular weight excluding hydrogens is 436 g/mol. The lowest BCUT2D eigenvalue weighted by molar-refractivity contribution is 0.102. The summed E-state index contributed by atoms with van der Waals surface area (Å²) >= 11 is 0. The first-order valence-electron chi connectivity index (χ1n) is 10.4. The lowest BCUT2D eigenvalue weighted by Crippen LogP contribution is -2.14. The molecule has 0 spiro atoms. The second kappa shape index (κ2) is 9.99. The summed E-state index contributed by atoms with van der Waals surface area (Å²) in [5, 5.41) is 2.88. The van der Waals surface area contributed by atoms with Crippen LogP contribution >= 0.6 is 0 Å². The van der Waals surface area contributed by atoms with E-state index < -0.39 is 0 Å². The molecule has 3 aromatic carbocycles. The molecule has 4 rings (SSSR count). The highest BCUT2D eigenvalue weighted by Crippen LogP contribution is 2.36. The molecule has 8 heteroatoms. The number of hydrogen-bond donors (Lipinski definition) is 1. The van der Waals surface area contributed by atoms with E-state index in [4.69, 9.17) is 23.4 Å². The van der Waals surface area contributed by atoms with E-state index in [1.807, 2.05) is 18.2 Å². The van der Waals surface area contributed by atoms with Gasteiger partial charge in [-0.2, -0.15) is 0 Å². The SMILES string of the molecule is COc1ccc(OC)c(NC(=O)c2ccccc2-c2ncc(-c3ccc(OC)cc3OC)o2)c1. The molecule has 4 aromatic rings. The number of hydrogen-bond acceptors (Lipinski definition) is 7. The zero-order chi connectivity index (χ0) is 24.1. The molecule has 34 heavy (non-hydrogen) atoms. The number of rotatable bonds is 8. The highest BCUT2D eigenvalue weighted by molar-refractivity contribution is 6.08. The number of carbonyl (C=O) groups is 1. The number of oxazole rings is 1. The zero-order valence-corrected chi connectivity index (χ0v) is 19.2. The van der Waals surface area contributed by atoms with Crippen molar-refractivity contribution >= 4 is 11.6 Å². The van der Waals surface area contributed by atoms with Crippen LogP contribution < -0.4 is 24.3 Å². The number of methoxy groups -OCH3 is 4. The van der Waals surface area contributed by atoms with Crippen LogP contribution in [-0.2, 0) is 0 Å². The van der Waals surface area contributed by atoms with E-state index in [2.05, 4.69) is 10.3 Å². The third-order valence-electron chi connectivity index (χ3n) is 5.24. The van der Waals surface area contributed by atoms with Gasteiger partial charge in [-0.1, -0.05) is 12.1 Å². The topological polar surface area (TPSA) is 92.1 Å². The van der Waals surface area contributed by atoms with Crippen LogP contribution in [0.3, 0.4) is 0 Å². The number of benzene rings is 3. The van der Waals surface area contributed by atoms with Crippen LogP contribution in [0.2, 0.25) is 0 Å². The van der Waals surface area contributed by atoms with Crippen molar-refractivity contribution in [3.8, 4) is 45.8 Å². The van der Waals surface area contributed by atoms with Crippen molar-refractivity contribution in [2.75, 3.05) is 33.8 Å². The smallest absolute Gasteiger partial charge is 0.256 e. The van der Waals surface area contributed by atoms with E-state index in [1.54, 1.807) is 70.0 Å². The van der Waals surface area contributed by atoms with Crippen molar-refractivity contribution in [2.45, 2.75) is 0 Å². The van der Waals surface area contributed by atoms with Crippen molar-refractivity contribution in [2.24, 2.45) is 0 Å². The fraction of sp³-hybridized carbons (Fsp3) is 0.154. The standard InChI is InChI=1S/C26H24N2O6/c1-30-16-10-12-22(32-3)21(13-16)28-25(29)18-7-5-6-8-19(18)26-27-15-24(34-26)20-11-9-17(31-2)14-23(20)33-4/h5-15H,1-4H3,(H,28,29). The summed E-state index contributed by atoms with van der Waals surface area (Å²) in [5.74, 6) is 2.81. The highest BCUT2D eigenvalue weighted by atomic mass is 16.5. The van der Waals surface area contributed by atoms with Gasteiger partial charge in [-0.15, -0.1) is 0 Å². The predicted molar refractivity (Wildman–Crippen MR) is 128 cm³/mol. The van der Waals surface area contributed by atoms with Crippen LogP contribution in [0.25, 0.3) is 22.8 Å². The van der Waals surface area contributed by atoms with Crippen LogP contribution in [0.15, 0.2) is 71.3 Å². The van der Waals surface area contributed by atoms with Crippen molar-refractivity contribution < 1.29 is 28.2 Å². The molecule has 0 aliphatic carbocycles. The fourth-order valence-electron chi connectivity index (χ4n) is 3.49. The fourth-order valence-corrected chi connectivity index (χ4v) is 3.49. The maximum absolute atomic E-state index is 13.2. The Morgan fingerprint density at radius 2 is 1.50 bits per heavy atom. The maximum Gasteiger partial charge on any atom is 0.256 e. The molecule has 1 heterocycles.